The summed E-state index contributed by atoms with van der Waals surface area (Å²) >= 11 is 1.15. The van der Waals surface area contributed by atoms with E-state index in [0.29, 0.717) is 11.3 Å². The monoisotopic (exact) mass is 500 g/mol. The Bertz CT molecular complexity index is 1210. The number of amides is 1. The first-order chi connectivity index (χ1) is 15.5. The number of hydrogen-bond acceptors (Lipinski definition) is 7. The third-order valence-electron chi connectivity index (χ3n) is 4.39. The molecule has 0 unspecified atom stereocenters. The van der Waals surface area contributed by atoms with Gasteiger partial charge in [0.1, 0.15) is 0 Å². The van der Waals surface area contributed by atoms with E-state index in [2.05, 4.69) is 15.5 Å². The molecule has 0 aliphatic carbocycles. The van der Waals surface area contributed by atoms with Crippen LogP contribution < -0.4 is 5.32 Å². The number of carbonyl (C=O) groups excluding carboxylic acids is 1. The minimum atomic E-state index is -4.39. The van der Waals surface area contributed by atoms with Gasteiger partial charge >= 0.3 is 6.18 Å². The normalized spacial score (nSPS) is 12.2. The highest BCUT2D eigenvalue weighted by Crippen LogP contribution is 2.30. The Hall–Kier alpha value is -2.90. The van der Waals surface area contributed by atoms with Crippen LogP contribution in [-0.2, 0) is 28.5 Å². The van der Waals surface area contributed by atoms with Gasteiger partial charge < -0.3 is 9.73 Å². The fourth-order valence-electron chi connectivity index (χ4n) is 2.55. The second-order valence-corrected chi connectivity index (χ2v) is 10.0. The molecule has 0 spiro atoms. The fourth-order valence-corrected chi connectivity index (χ4v) is 4.19. The van der Waals surface area contributed by atoms with Crippen LogP contribution in [0.4, 0.5) is 13.2 Å². The molecule has 1 amide bonds. The minimum Gasteiger partial charge on any atom is -0.414 e. The van der Waals surface area contributed by atoms with Crippen molar-refractivity contribution in [1.29, 1.82) is 0 Å². The van der Waals surface area contributed by atoms with Crippen LogP contribution in [0.25, 0.3) is 0 Å². The number of halogens is 3. The number of carbonyl (C=O) groups is 1. The first-order valence-corrected chi connectivity index (χ1v) is 11.8. The smallest absolute Gasteiger partial charge is 0.414 e. The van der Waals surface area contributed by atoms with E-state index in [1.807, 2.05) is 0 Å². The zero-order valence-electron chi connectivity index (χ0n) is 17.5. The van der Waals surface area contributed by atoms with Gasteiger partial charge in [-0.3, -0.25) is 4.79 Å². The third kappa shape index (κ3) is 6.33. The highest BCUT2D eigenvalue weighted by atomic mass is 32.2. The Morgan fingerprint density at radius 3 is 2.27 bits per heavy atom. The lowest BCUT2D eigenvalue weighted by atomic mass is 10.1. The van der Waals surface area contributed by atoms with Crippen molar-refractivity contribution < 1.29 is 30.8 Å². The lowest BCUT2D eigenvalue weighted by molar-refractivity contribution is -0.137. The van der Waals surface area contributed by atoms with Crippen molar-refractivity contribution in [2.75, 3.05) is 14.1 Å². The van der Waals surface area contributed by atoms with Crippen LogP contribution in [0.5, 0.6) is 0 Å². The van der Waals surface area contributed by atoms with Crippen LogP contribution >= 0.6 is 11.8 Å². The van der Waals surface area contributed by atoms with Crippen LogP contribution in [-0.4, -0.2) is 42.9 Å². The van der Waals surface area contributed by atoms with Crippen molar-refractivity contribution in [3.05, 3.63) is 71.1 Å². The number of sulfonamides is 1. The number of nitrogens with one attached hydrogen (secondary N) is 1. The summed E-state index contributed by atoms with van der Waals surface area (Å²) in [6.45, 7) is -0.0512. The molecule has 13 heteroatoms. The lowest BCUT2D eigenvalue weighted by Crippen LogP contribution is -2.24. The van der Waals surface area contributed by atoms with Gasteiger partial charge in [0.25, 0.3) is 11.1 Å². The molecule has 0 fully saturated rings. The van der Waals surface area contributed by atoms with E-state index in [0.717, 1.165) is 28.2 Å². The maximum absolute atomic E-state index is 12.6. The molecule has 0 atom stereocenters. The number of aromatic nitrogens is 2. The van der Waals surface area contributed by atoms with Crippen LogP contribution in [0.1, 0.15) is 27.4 Å². The predicted octanol–water partition coefficient (Wildman–Crippen LogP) is 3.56. The molecule has 0 saturated heterocycles. The van der Waals surface area contributed by atoms with Gasteiger partial charge in [-0.05, 0) is 42.0 Å². The molecule has 176 valence electrons. The van der Waals surface area contributed by atoms with Gasteiger partial charge in [-0.15, -0.1) is 10.2 Å². The van der Waals surface area contributed by atoms with E-state index in [9.17, 15) is 26.4 Å². The summed E-state index contributed by atoms with van der Waals surface area (Å²) in [5, 5.41) is 10.5. The molecule has 0 saturated carbocycles. The Balaban J connectivity index is 1.52. The molecular weight excluding hydrogens is 481 g/mol. The predicted molar refractivity (Wildman–Crippen MR) is 114 cm³/mol. The molecule has 1 N–H and O–H groups in total. The van der Waals surface area contributed by atoms with Gasteiger partial charge in [0.2, 0.25) is 15.9 Å². The molecule has 2 aromatic carbocycles. The summed E-state index contributed by atoms with van der Waals surface area (Å²) in [6.07, 6.45) is -4.39. The van der Waals surface area contributed by atoms with Crippen molar-refractivity contribution >= 4 is 27.7 Å². The first-order valence-electron chi connectivity index (χ1n) is 9.39. The lowest BCUT2D eigenvalue weighted by Gasteiger charge is -2.11. The highest BCUT2D eigenvalue weighted by Gasteiger charge is 2.29. The SMILES string of the molecule is CN(C)S(=O)(=O)c1ccc(C(=O)NCc2nnc(SCc3ccc(C(F)(F)F)cc3)o2)cc1. The molecule has 3 rings (SSSR count). The van der Waals surface area contributed by atoms with Crippen molar-refractivity contribution in [1.82, 2.24) is 19.8 Å². The van der Waals surface area contributed by atoms with Gasteiger partial charge in [-0.1, -0.05) is 23.9 Å². The van der Waals surface area contributed by atoms with Crippen molar-refractivity contribution in [3.8, 4) is 0 Å². The minimum absolute atomic E-state index is 0.0512. The molecule has 0 bridgehead atoms. The Kier molecular flexibility index (Phi) is 7.44. The van der Waals surface area contributed by atoms with Gasteiger partial charge in [0.05, 0.1) is 17.0 Å². The number of rotatable bonds is 8. The van der Waals surface area contributed by atoms with E-state index in [-0.39, 0.29) is 28.1 Å². The zero-order chi connectivity index (χ0) is 24.2. The highest BCUT2D eigenvalue weighted by molar-refractivity contribution is 7.98. The van der Waals surface area contributed by atoms with Crippen LogP contribution in [0.3, 0.4) is 0 Å². The molecule has 8 nitrogen and oxygen atoms in total. The van der Waals surface area contributed by atoms with Crippen LogP contribution in [0, 0.1) is 0 Å². The van der Waals surface area contributed by atoms with E-state index >= 15 is 0 Å². The topological polar surface area (TPSA) is 105 Å². The molecular formula is C20H19F3N4O4S2. The van der Waals surface area contributed by atoms with E-state index in [4.69, 9.17) is 4.42 Å². The van der Waals surface area contributed by atoms with Crippen LogP contribution in [0.2, 0.25) is 0 Å². The number of nitrogens with zero attached hydrogens (tertiary/aromatic N) is 3. The molecule has 0 radical (unpaired) electrons. The zero-order valence-corrected chi connectivity index (χ0v) is 19.1. The summed E-state index contributed by atoms with van der Waals surface area (Å²) in [7, 11) is -0.764. The average Bonchev–Trinajstić information content (AvgIpc) is 3.23. The van der Waals surface area contributed by atoms with E-state index in [1.165, 1.54) is 50.5 Å². The third-order valence-corrected chi connectivity index (χ3v) is 7.11. The second kappa shape index (κ2) is 9.93. The van der Waals surface area contributed by atoms with Crippen LogP contribution in [0.15, 0.2) is 63.1 Å². The number of thioether (sulfide) groups is 1. The average molecular weight is 501 g/mol. The fraction of sp³-hybridized carbons (Fsp3) is 0.250. The summed E-state index contributed by atoms with van der Waals surface area (Å²) in [4.78, 5) is 12.3. The Morgan fingerprint density at radius 1 is 1.06 bits per heavy atom. The quantitative estimate of drug-likeness (QED) is 0.472. The number of alkyl halides is 3. The summed E-state index contributed by atoms with van der Waals surface area (Å²) in [5.74, 6) is 0.0139. The van der Waals surface area contributed by atoms with Gasteiger partial charge in [0.15, 0.2) is 0 Å². The Morgan fingerprint density at radius 2 is 1.70 bits per heavy atom. The second-order valence-electron chi connectivity index (χ2n) is 6.94. The number of benzene rings is 2. The van der Waals surface area contributed by atoms with Gasteiger partial charge in [-0.2, -0.15) is 13.2 Å². The molecule has 33 heavy (non-hydrogen) atoms. The molecule has 1 heterocycles. The van der Waals surface area contributed by atoms with Crippen molar-refractivity contribution in [2.45, 2.75) is 28.6 Å². The maximum atomic E-state index is 12.6. The van der Waals surface area contributed by atoms with E-state index in [1.54, 1.807) is 0 Å². The largest absolute Gasteiger partial charge is 0.416 e. The maximum Gasteiger partial charge on any atom is 0.416 e. The van der Waals surface area contributed by atoms with Crippen molar-refractivity contribution in [3.63, 3.8) is 0 Å². The van der Waals surface area contributed by atoms with Crippen molar-refractivity contribution in [2.24, 2.45) is 0 Å². The standard InChI is InChI=1S/C20H19F3N4O4S2/c1-27(2)33(29,30)16-9-5-14(6-10-16)18(28)24-11-17-25-26-19(31-17)32-12-13-3-7-15(8-4-13)20(21,22)23/h3-10H,11-12H2,1-2H3,(H,24,28). The summed E-state index contributed by atoms with van der Waals surface area (Å²) in [6, 6.07) is 10.2. The molecule has 3 aromatic rings. The number of hydrogen-bond donors (Lipinski definition) is 1. The van der Waals surface area contributed by atoms with Gasteiger partial charge in [0, 0.05) is 25.4 Å². The summed E-state index contributed by atoms with van der Waals surface area (Å²) in [5.41, 5.74) is 0.186. The Labute approximate surface area is 192 Å². The van der Waals surface area contributed by atoms with Gasteiger partial charge in [-0.25, -0.2) is 12.7 Å². The summed E-state index contributed by atoms with van der Waals surface area (Å²) < 4.78 is 68.5. The first kappa shape index (κ1) is 24.7. The molecule has 0 aliphatic rings. The molecule has 0 aliphatic heterocycles. The molecule has 1 aromatic heterocycles. The van der Waals surface area contributed by atoms with E-state index < -0.39 is 27.7 Å².